The topological polar surface area (TPSA) is 50.4 Å². The number of nitrogens with one attached hydrogen (secondary N) is 2. The molecule has 0 spiro atoms. The van der Waals surface area contributed by atoms with Crippen LogP contribution in [0.15, 0.2) is 24.3 Å². The number of piperidine rings is 1. The number of hydrogen-bond donors (Lipinski definition) is 2. The third kappa shape index (κ3) is 5.02. The predicted octanol–water partition coefficient (Wildman–Crippen LogP) is 3.74. The minimum Gasteiger partial charge on any atom is -0.444 e. The van der Waals surface area contributed by atoms with Gasteiger partial charge in [-0.05, 0) is 70.7 Å². The Balaban J connectivity index is 1.93. The third-order valence-corrected chi connectivity index (χ3v) is 3.98. The van der Waals surface area contributed by atoms with Crippen LogP contribution in [0, 0.1) is 0 Å². The average Bonchev–Trinajstić information content (AvgIpc) is 2.46. The number of benzene rings is 1. The minimum absolute atomic E-state index is 0.0584. The molecule has 4 heteroatoms. The summed E-state index contributed by atoms with van der Waals surface area (Å²) in [5.41, 5.74) is 2.03. The fourth-order valence-corrected chi connectivity index (χ4v) is 2.78. The van der Waals surface area contributed by atoms with Crippen molar-refractivity contribution in [2.24, 2.45) is 0 Å². The van der Waals surface area contributed by atoms with Crippen molar-refractivity contribution < 1.29 is 9.53 Å². The van der Waals surface area contributed by atoms with Crippen LogP contribution >= 0.6 is 0 Å². The minimum atomic E-state index is -0.470. The number of hydrogen-bond acceptors (Lipinski definition) is 3. The van der Waals surface area contributed by atoms with Crippen LogP contribution in [0.25, 0.3) is 0 Å². The zero-order valence-corrected chi connectivity index (χ0v) is 14.1. The molecule has 1 atom stereocenters. The lowest BCUT2D eigenvalue weighted by Gasteiger charge is -2.24. The highest BCUT2D eigenvalue weighted by Gasteiger charge is 2.19. The summed E-state index contributed by atoms with van der Waals surface area (Å²) in [5, 5.41) is 6.27. The van der Waals surface area contributed by atoms with Gasteiger partial charge in [0.2, 0.25) is 0 Å². The van der Waals surface area contributed by atoms with E-state index in [1.807, 2.05) is 27.7 Å². The summed E-state index contributed by atoms with van der Waals surface area (Å²) < 4.78 is 5.29. The van der Waals surface area contributed by atoms with Crippen LogP contribution in [-0.2, 0) is 4.74 Å². The van der Waals surface area contributed by atoms with Crippen LogP contribution in [0.5, 0.6) is 0 Å². The molecular formula is C18H28N2O2. The number of alkyl carbamates (subject to hydrolysis) is 1. The highest BCUT2D eigenvalue weighted by atomic mass is 16.6. The van der Waals surface area contributed by atoms with Crippen LogP contribution in [0.2, 0.25) is 0 Å². The first kappa shape index (κ1) is 16.8. The number of amides is 1. The largest absolute Gasteiger partial charge is 0.444 e. The van der Waals surface area contributed by atoms with E-state index in [-0.39, 0.29) is 12.1 Å². The van der Waals surface area contributed by atoms with Gasteiger partial charge in [-0.15, -0.1) is 0 Å². The van der Waals surface area contributed by atoms with Crippen molar-refractivity contribution in [3.8, 4) is 0 Å². The standard InChI is InChI=1S/C18H28N2O2/c1-13(20-17(21)22-18(2,3)4)14-5-7-15(8-6-14)16-9-11-19-12-10-16/h5-8,13,16,19H,9-12H2,1-4H3,(H,20,21). The SMILES string of the molecule is CC(NC(=O)OC(C)(C)C)c1ccc(C2CCNCC2)cc1. The zero-order chi connectivity index (χ0) is 16.2. The molecule has 4 nitrogen and oxygen atoms in total. The zero-order valence-electron chi connectivity index (χ0n) is 14.1. The average molecular weight is 304 g/mol. The van der Waals surface area contributed by atoms with Gasteiger partial charge in [0, 0.05) is 0 Å². The van der Waals surface area contributed by atoms with E-state index in [0.29, 0.717) is 5.92 Å². The summed E-state index contributed by atoms with van der Waals surface area (Å²) in [4.78, 5) is 11.8. The molecule has 1 heterocycles. The van der Waals surface area contributed by atoms with E-state index in [1.165, 1.54) is 18.4 Å². The summed E-state index contributed by atoms with van der Waals surface area (Å²) >= 11 is 0. The maximum Gasteiger partial charge on any atom is 0.408 e. The van der Waals surface area contributed by atoms with E-state index < -0.39 is 5.60 Å². The summed E-state index contributed by atoms with van der Waals surface area (Å²) in [5.74, 6) is 0.657. The Bertz CT molecular complexity index is 485. The van der Waals surface area contributed by atoms with Crippen molar-refractivity contribution in [2.75, 3.05) is 13.1 Å². The molecule has 0 radical (unpaired) electrons. The molecule has 1 aliphatic rings. The maximum atomic E-state index is 11.8. The van der Waals surface area contributed by atoms with E-state index in [0.717, 1.165) is 18.7 Å². The van der Waals surface area contributed by atoms with Crippen molar-refractivity contribution >= 4 is 6.09 Å². The van der Waals surface area contributed by atoms with Gasteiger partial charge in [0.15, 0.2) is 0 Å². The molecule has 1 saturated heterocycles. The molecule has 122 valence electrons. The van der Waals surface area contributed by atoms with Crippen molar-refractivity contribution in [2.45, 2.75) is 58.1 Å². The lowest BCUT2D eigenvalue weighted by molar-refractivity contribution is 0.0508. The first-order valence-electron chi connectivity index (χ1n) is 8.15. The van der Waals surface area contributed by atoms with E-state index in [9.17, 15) is 4.79 Å². The molecule has 1 fully saturated rings. The Morgan fingerprint density at radius 2 is 1.82 bits per heavy atom. The molecular weight excluding hydrogens is 276 g/mol. The van der Waals surface area contributed by atoms with Gasteiger partial charge in [-0.1, -0.05) is 24.3 Å². The Morgan fingerprint density at radius 1 is 1.23 bits per heavy atom. The molecule has 2 rings (SSSR count). The Labute approximate surface area is 133 Å². The maximum absolute atomic E-state index is 11.8. The predicted molar refractivity (Wildman–Crippen MR) is 89.1 cm³/mol. The van der Waals surface area contributed by atoms with Gasteiger partial charge in [-0.25, -0.2) is 4.79 Å². The molecule has 1 aromatic rings. The monoisotopic (exact) mass is 304 g/mol. The molecule has 1 amide bonds. The summed E-state index contributed by atoms with van der Waals surface area (Å²) in [7, 11) is 0. The third-order valence-electron chi connectivity index (χ3n) is 3.98. The fraction of sp³-hybridized carbons (Fsp3) is 0.611. The summed E-state index contributed by atoms with van der Waals surface area (Å²) in [6.07, 6.45) is 2.03. The first-order chi connectivity index (χ1) is 10.3. The van der Waals surface area contributed by atoms with Gasteiger partial charge in [0.25, 0.3) is 0 Å². The second-order valence-electron chi connectivity index (χ2n) is 7.06. The molecule has 0 saturated carbocycles. The van der Waals surface area contributed by atoms with Gasteiger partial charge in [0.1, 0.15) is 5.60 Å². The quantitative estimate of drug-likeness (QED) is 0.894. The van der Waals surface area contributed by atoms with Gasteiger partial charge in [-0.2, -0.15) is 0 Å². The molecule has 1 unspecified atom stereocenters. The van der Waals surface area contributed by atoms with Gasteiger partial charge >= 0.3 is 6.09 Å². The van der Waals surface area contributed by atoms with Crippen molar-refractivity contribution in [1.29, 1.82) is 0 Å². The van der Waals surface area contributed by atoms with E-state index >= 15 is 0 Å². The smallest absolute Gasteiger partial charge is 0.408 e. The first-order valence-corrected chi connectivity index (χ1v) is 8.15. The molecule has 22 heavy (non-hydrogen) atoms. The van der Waals surface area contributed by atoms with E-state index in [4.69, 9.17) is 4.74 Å². The highest BCUT2D eigenvalue weighted by molar-refractivity contribution is 5.68. The Kier molecular flexibility index (Phi) is 5.46. The molecule has 0 aromatic heterocycles. The van der Waals surface area contributed by atoms with Crippen LogP contribution in [-0.4, -0.2) is 24.8 Å². The van der Waals surface area contributed by atoms with Crippen molar-refractivity contribution in [3.05, 3.63) is 35.4 Å². The van der Waals surface area contributed by atoms with E-state index in [2.05, 4.69) is 34.9 Å². The lowest BCUT2D eigenvalue weighted by atomic mass is 9.89. The van der Waals surface area contributed by atoms with Crippen LogP contribution < -0.4 is 10.6 Å². The number of carbonyl (C=O) groups excluding carboxylic acids is 1. The Hall–Kier alpha value is -1.55. The van der Waals surface area contributed by atoms with Crippen LogP contribution in [0.4, 0.5) is 4.79 Å². The molecule has 1 aliphatic heterocycles. The number of ether oxygens (including phenoxy) is 1. The fourth-order valence-electron chi connectivity index (χ4n) is 2.78. The van der Waals surface area contributed by atoms with Gasteiger partial charge in [0.05, 0.1) is 6.04 Å². The van der Waals surface area contributed by atoms with Gasteiger partial charge in [-0.3, -0.25) is 0 Å². The number of rotatable bonds is 3. The van der Waals surface area contributed by atoms with Crippen molar-refractivity contribution in [1.82, 2.24) is 10.6 Å². The normalized spacial score (nSPS) is 17.8. The highest BCUT2D eigenvalue weighted by Crippen LogP contribution is 2.26. The second-order valence-corrected chi connectivity index (χ2v) is 7.06. The van der Waals surface area contributed by atoms with E-state index in [1.54, 1.807) is 0 Å². The lowest BCUT2D eigenvalue weighted by Crippen LogP contribution is -2.34. The molecule has 0 aliphatic carbocycles. The summed E-state index contributed by atoms with van der Waals surface area (Å²) in [6, 6.07) is 8.55. The van der Waals surface area contributed by atoms with Crippen LogP contribution in [0.3, 0.4) is 0 Å². The molecule has 1 aromatic carbocycles. The number of carbonyl (C=O) groups is 1. The van der Waals surface area contributed by atoms with Gasteiger partial charge < -0.3 is 15.4 Å². The van der Waals surface area contributed by atoms with Crippen LogP contribution in [0.1, 0.15) is 63.6 Å². The van der Waals surface area contributed by atoms with Crippen molar-refractivity contribution in [3.63, 3.8) is 0 Å². The Morgan fingerprint density at radius 3 is 2.36 bits per heavy atom. The molecule has 0 bridgehead atoms. The second kappa shape index (κ2) is 7.14. The molecule has 2 N–H and O–H groups in total. The summed E-state index contributed by atoms with van der Waals surface area (Å²) in [6.45, 7) is 9.77.